The number of hydrogen-bond donors (Lipinski definition) is 1. The first-order chi connectivity index (χ1) is 27.7. The number of furan rings is 1. The molecule has 260 valence electrons. The third-order valence-electron chi connectivity index (χ3n) is 11.6. The summed E-state index contributed by atoms with van der Waals surface area (Å²) < 4.78 is 13.4. The van der Waals surface area contributed by atoms with Crippen molar-refractivity contribution in [3.63, 3.8) is 0 Å². The molecule has 0 saturated carbocycles. The fourth-order valence-corrected chi connectivity index (χ4v) is 9.27. The van der Waals surface area contributed by atoms with Crippen molar-refractivity contribution in [2.45, 2.75) is 0 Å². The zero-order valence-corrected chi connectivity index (χ0v) is 29.9. The molecule has 0 aliphatic carbocycles. The van der Waals surface area contributed by atoms with Crippen molar-refractivity contribution in [1.82, 2.24) is 13.7 Å². The molecule has 4 aromatic heterocycles. The van der Waals surface area contributed by atoms with E-state index in [4.69, 9.17) is 9.83 Å². The number of nitrogens with one attached hydrogen (secondary N) is 1. The summed E-state index contributed by atoms with van der Waals surface area (Å²) in [7, 11) is 0. The molecule has 0 atom stereocenters. The van der Waals surface area contributed by atoms with E-state index in [1.165, 1.54) is 17.0 Å². The fraction of sp³-hybridized carbons (Fsp3) is 0. The van der Waals surface area contributed by atoms with E-state index in [1.54, 1.807) is 0 Å². The Bertz CT molecular complexity index is 3590. The van der Waals surface area contributed by atoms with Crippen LogP contribution in [0.25, 0.3) is 104 Å². The molecule has 6 nitrogen and oxygen atoms in total. The van der Waals surface area contributed by atoms with Gasteiger partial charge in [0.15, 0.2) is 0 Å². The van der Waals surface area contributed by atoms with E-state index >= 15 is 0 Å². The maximum Gasteiger partial charge on any atom is 0.145 e. The van der Waals surface area contributed by atoms with Crippen molar-refractivity contribution < 1.29 is 4.42 Å². The van der Waals surface area contributed by atoms with Gasteiger partial charge in [-0.1, -0.05) is 91.0 Å². The molecule has 0 aliphatic heterocycles. The van der Waals surface area contributed by atoms with E-state index in [9.17, 15) is 5.26 Å². The van der Waals surface area contributed by atoms with Crippen LogP contribution in [0.15, 0.2) is 168 Å². The Labute approximate surface area is 319 Å². The Morgan fingerprint density at radius 2 is 0.982 bits per heavy atom. The lowest BCUT2D eigenvalue weighted by Gasteiger charge is -2.17. The van der Waals surface area contributed by atoms with Gasteiger partial charge >= 0.3 is 0 Å². The van der Waals surface area contributed by atoms with E-state index in [0.717, 1.165) is 88.0 Å². The molecule has 0 aliphatic rings. The van der Waals surface area contributed by atoms with Gasteiger partial charge in [0, 0.05) is 60.9 Å². The molecule has 0 fully saturated rings. The van der Waals surface area contributed by atoms with Crippen LogP contribution in [0.3, 0.4) is 0 Å². The highest BCUT2D eigenvalue weighted by Crippen LogP contribution is 2.43. The first-order valence-electron chi connectivity index (χ1n) is 18.7. The number of hydrogen-bond acceptors (Lipinski definition) is 3. The zero-order chi connectivity index (χ0) is 37.1. The predicted molar refractivity (Wildman–Crippen MR) is 229 cm³/mol. The van der Waals surface area contributed by atoms with E-state index in [2.05, 4.69) is 129 Å². The molecule has 1 N–H and O–H groups in total. The van der Waals surface area contributed by atoms with Gasteiger partial charge in [-0.25, -0.2) is 0 Å². The highest BCUT2D eigenvalue weighted by atomic mass is 16.3. The number of nitriles is 1. The summed E-state index contributed by atoms with van der Waals surface area (Å²) in [6, 6.07) is 59.3. The van der Waals surface area contributed by atoms with Crippen molar-refractivity contribution in [2.24, 2.45) is 0 Å². The Morgan fingerprint density at radius 1 is 0.464 bits per heavy atom. The minimum atomic E-state index is 0.481. The van der Waals surface area contributed by atoms with Crippen LogP contribution in [0.4, 0.5) is 0 Å². The molecule has 0 spiro atoms. The van der Waals surface area contributed by atoms with Gasteiger partial charge in [0.1, 0.15) is 17.2 Å². The minimum absolute atomic E-state index is 0.481. The molecule has 0 bridgehead atoms. The average Bonchev–Trinajstić information content (AvgIpc) is 3.99. The lowest BCUT2D eigenvalue weighted by Crippen LogP contribution is -2.05. The number of benzene rings is 8. The van der Waals surface area contributed by atoms with Crippen LogP contribution in [0, 0.1) is 16.7 Å². The maximum atomic E-state index is 10.9. The first-order valence-corrected chi connectivity index (χ1v) is 18.7. The largest absolute Gasteiger partial charge is 0.455 e. The Balaban J connectivity index is 1.18. The van der Waals surface area contributed by atoms with Crippen LogP contribution >= 0.6 is 0 Å². The second-order valence-electron chi connectivity index (χ2n) is 14.4. The third-order valence-corrected chi connectivity index (χ3v) is 11.6. The van der Waals surface area contributed by atoms with Crippen molar-refractivity contribution >= 4 is 93.6 Å². The van der Waals surface area contributed by atoms with Gasteiger partial charge in [0.05, 0.1) is 49.7 Å². The number of rotatable bonds is 4. The smallest absolute Gasteiger partial charge is 0.145 e. The van der Waals surface area contributed by atoms with E-state index in [-0.39, 0.29) is 0 Å². The molecule has 12 rings (SSSR count). The molecular formula is C50H29N5O. The monoisotopic (exact) mass is 715 g/mol. The van der Waals surface area contributed by atoms with Crippen LogP contribution in [-0.4, -0.2) is 19.9 Å². The average molecular weight is 716 g/mol. The molecule has 0 amide bonds. The summed E-state index contributed by atoms with van der Waals surface area (Å²) >= 11 is 0. The maximum absolute atomic E-state index is 10.9. The SMILES string of the molecule is N#Cc1cc(-n2c3ccc(-n4c5ccccc5c5ccccc54)cc3c3c4oc5ccccc5c4ccc32)cc(C=N)c1-n1c2ccccc2c2ccccc21. The quantitative estimate of drug-likeness (QED) is 0.184. The summed E-state index contributed by atoms with van der Waals surface area (Å²) in [5.74, 6) is 0. The molecule has 0 unspecified atom stereocenters. The van der Waals surface area contributed by atoms with Crippen molar-refractivity contribution in [1.29, 1.82) is 10.7 Å². The highest BCUT2D eigenvalue weighted by molar-refractivity contribution is 6.24. The second-order valence-corrected chi connectivity index (χ2v) is 14.4. The van der Waals surface area contributed by atoms with Crippen LogP contribution < -0.4 is 0 Å². The van der Waals surface area contributed by atoms with Crippen molar-refractivity contribution in [2.75, 3.05) is 0 Å². The fourth-order valence-electron chi connectivity index (χ4n) is 9.27. The Hall–Kier alpha value is -7.88. The second kappa shape index (κ2) is 11.3. The standard InChI is InChI=1S/C50H29N5O/c51-28-30-25-33(26-31(29-52)49(30)55-43-18-8-3-13-36(43)37-14-4-9-19-44(37)55)54-45-23-21-32(53-41-16-6-1-11-34(41)35-12-2-7-17-42(35)53)27-40(45)48-46(54)24-22-39-38-15-5-10-20-47(38)56-50(39)48/h1-28,51H. The minimum Gasteiger partial charge on any atom is -0.455 e. The van der Waals surface area contributed by atoms with E-state index < -0.39 is 0 Å². The van der Waals surface area contributed by atoms with Crippen molar-refractivity contribution in [3.05, 3.63) is 175 Å². The van der Waals surface area contributed by atoms with Gasteiger partial charge in [-0.2, -0.15) is 5.26 Å². The van der Waals surface area contributed by atoms with Crippen LogP contribution in [0.5, 0.6) is 0 Å². The number of para-hydroxylation sites is 5. The van der Waals surface area contributed by atoms with Gasteiger partial charge in [-0.3, -0.25) is 0 Å². The number of aromatic nitrogens is 3. The molecule has 12 aromatic rings. The zero-order valence-electron chi connectivity index (χ0n) is 29.9. The van der Waals surface area contributed by atoms with Gasteiger partial charge in [-0.05, 0) is 72.8 Å². The van der Waals surface area contributed by atoms with E-state index in [1.807, 2.05) is 54.6 Å². The van der Waals surface area contributed by atoms with Gasteiger partial charge in [0.25, 0.3) is 0 Å². The summed E-state index contributed by atoms with van der Waals surface area (Å²) in [4.78, 5) is 0. The first kappa shape index (κ1) is 30.6. The van der Waals surface area contributed by atoms with E-state index in [0.29, 0.717) is 16.8 Å². The summed E-state index contributed by atoms with van der Waals surface area (Å²) in [5, 5.41) is 28.4. The van der Waals surface area contributed by atoms with Crippen LogP contribution in [0.1, 0.15) is 11.1 Å². The Kier molecular flexibility index (Phi) is 6.18. The molecule has 4 heterocycles. The Morgan fingerprint density at radius 3 is 1.59 bits per heavy atom. The predicted octanol–water partition coefficient (Wildman–Crippen LogP) is 12.7. The van der Waals surface area contributed by atoms with Gasteiger partial charge < -0.3 is 23.5 Å². The summed E-state index contributed by atoms with van der Waals surface area (Å²) in [5.41, 5.74) is 11.5. The molecule has 8 aromatic carbocycles. The molecular weight excluding hydrogens is 687 g/mol. The number of nitrogens with zero attached hydrogens (tertiary/aromatic N) is 4. The molecule has 6 heteroatoms. The molecule has 0 saturated heterocycles. The highest BCUT2D eigenvalue weighted by Gasteiger charge is 2.23. The van der Waals surface area contributed by atoms with Crippen molar-refractivity contribution in [3.8, 4) is 23.1 Å². The molecule has 0 radical (unpaired) electrons. The van der Waals surface area contributed by atoms with Crippen LogP contribution in [0.2, 0.25) is 0 Å². The van der Waals surface area contributed by atoms with Gasteiger partial charge in [0.2, 0.25) is 0 Å². The summed E-state index contributed by atoms with van der Waals surface area (Å²) in [6.07, 6.45) is 1.37. The van der Waals surface area contributed by atoms with Crippen LogP contribution in [-0.2, 0) is 0 Å². The van der Waals surface area contributed by atoms with Gasteiger partial charge in [-0.15, -0.1) is 0 Å². The number of fused-ring (bicyclic) bond motifs is 13. The molecule has 56 heavy (non-hydrogen) atoms. The lowest BCUT2D eigenvalue weighted by atomic mass is 10.1. The lowest BCUT2D eigenvalue weighted by molar-refractivity contribution is 0.673. The topological polar surface area (TPSA) is 75.6 Å². The third kappa shape index (κ3) is 4.00. The summed E-state index contributed by atoms with van der Waals surface area (Å²) in [6.45, 7) is 0. The normalized spacial score (nSPS) is 12.0.